The third-order valence-corrected chi connectivity index (χ3v) is 6.71. The minimum absolute atomic E-state index is 0.116. The largest absolute Gasteiger partial charge is 0.385 e. The van der Waals surface area contributed by atoms with Crippen molar-refractivity contribution in [2.24, 2.45) is 0 Å². The van der Waals surface area contributed by atoms with Gasteiger partial charge in [0, 0.05) is 10.8 Å². The van der Waals surface area contributed by atoms with Crippen LogP contribution in [-0.4, -0.2) is 23.5 Å². The first-order chi connectivity index (χ1) is 8.28. The van der Waals surface area contributed by atoms with E-state index in [0.29, 0.717) is 10.6 Å². The Morgan fingerprint density at radius 3 is 2.17 bits per heavy atom. The maximum Gasteiger partial charge on any atom is 0.175 e. The quantitative estimate of drug-likeness (QED) is 0.850. The number of hydrogen-bond acceptors (Lipinski definition) is 3. The Bertz CT molecular complexity index is 499. The van der Waals surface area contributed by atoms with Crippen molar-refractivity contribution in [1.29, 1.82) is 0 Å². The molecule has 2 atom stereocenters. The highest BCUT2D eigenvalue weighted by Crippen LogP contribution is 2.40. The summed E-state index contributed by atoms with van der Waals surface area (Å²) in [6.07, 6.45) is -1.17. The molecule has 0 heterocycles. The number of rotatable bonds is 5. The number of alkyl halides is 1. The van der Waals surface area contributed by atoms with Gasteiger partial charge in [0.05, 0.1) is 0 Å². The van der Waals surface area contributed by atoms with Gasteiger partial charge in [-0.05, 0) is 24.1 Å². The molecule has 0 saturated heterocycles. The van der Waals surface area contributed by atoms with Crippen molar-refractivity contribution in [2.75, 3.05) is 5.75 Å². The Balaban J connectivity index is 3.21. The summed E-state index contributed by atoms with van der Waals surface area (Å²) in [5.74, 6) is -0.116. The van der Waals surface area contributed by atoms with Gasteiger partial charge in [-0.25, -0.2) is 8.42 Å². The second-order valence-corrected chi connectivity index (χ2v) is 7.87. The predicted molar refractivity (Wildman–Crippen MR) is 74.7 cm³/mol. The third-order valence-electron chi connectivity index (χ3n) is 2.97. The highest BCUT2D eigenvalue weighted by molar-refractivity contribution is 7.94. The van der Waals surface area contributed by atoms with E-state index in [4.69, 9.17) is 23.2 Å². The van der Waals surface area contributed by atoms with Gasteiger partial charge < -0.3 is 5.11 Å². The molecule has 0 radical (unpaired) electrons. The Morgan fingerprint density at radius 2 is 1.78 bits per heavy atom. The molecule has 0 fully saturated rings. The van der Waals surface area contributed by atoms with Crippen LogP contribution in [0.2, 0.25) is 5.02 Å². The van der Waals surface area contributed by atoms with Crippen LogP contribution in [0.1, 0.15) is 31.9 Å². The first kappa shape index (κ1) is 15.8. The summed E-state index contributed by atoms with van der Waals surface area (Å²) >= 11 is 11.9. The van der Waals surface area contributed by atoms with E-state index in [9.17, 15) is 13.5 Å². The molecule has 1 aromatic rings. The van der Waals surface area contributed by atoms with Crippen LogP contribution in [0.15, 0.2) is 24.3 Å². The molecule has 102 valence electrons. The van der Waals surface area contributed by atoms with Crippen molar-refractivity contribution >= 4 is 33.0 Å². The van der Waals surface area contributed by atoms with E-state index in [1.54, 1.807) is 31.2 Å². The van der Waals surface area contributed by atoms with Crippen molar-refractivity contribution in [3.05, 3.63) is 34.9 Å². The zero-order valence-corrected chi connectivity index (χ0v) is 12.6. The molecule has 0 spiro atoms. The SMILES string of the molecule is CCC(Cl)(C(O)c1ccc(Cl)cc1)S(=O)(=O)CC. The molecule has 0 aliphatic carbocycles. The topological polar surface area (TPSA) is 54.4 Å². The molecule has 0 aromatic heterocycles. The lowest BCUT2D eigenvalue weighted by Crippen LogP contribution is -2.39. The fourth-order valence-corrected chi connectivity index (χ4v) is 3.69. The summed E-state index contributed by atoms with van der Waals surface area (Å²) < 4.78 is 22.3. The second-order valence-electron chi connectivity index (χ2n) is 4.00. The summed E-state index contributed by atoms with van der Waals surface area (Å²) in [5.41, 5.74) is 0.438. The van der Waals surface area contributed by atoms with Gasteiger partial charge in [0.1, 0.15) is 6.10 Å². The number of sulfone groups is 1. The van der Waals surface area contributed by atoms with Crippen molar-refractivity contribution in [3.63, 3.8) is 0 Å². The summed E-state index contributed by atoms with van der Waals surface area (Å²) in [5, 5.41) is 10.8. The zero-order chi connectivity index (χ0) is 14.0. The number of aliphatic hydroxyl groups is 1. The number of benzene rings is 1. The van der Waals surface area contributed by atoms with E-state index >= 15 is 0 Å². The second kappa shape index (κ2) is 5.78. The summed E-state index contributed by atoms with van der Waals surface area (Å²) in [6, 6.07) is 6.33. The minimum atomic E-state index is -3.58. The first-order valence-electron chi connectivity index (χ1n) is 5.63. The van der Waals surface area contributed by atoms with Crippen molar-refractivity contribution in [2.45, 2.75) is 30.6 Å². The smallest absolute Gasteiger partial charge is 0.175 e. The fraction of sp³-hybridized carbons (Fsp3) is 0.500. The number of halogens is 2. The molecule has 0 saturated carbocycles. The van der Waals surface area contributed by atoms with Crippen LogP contribution in [0.4, 0.5) is 0 Å². The van der Waals surface area contributed by atoms with E-state index < -0.39 is 20.1 Å². The Labute approximate surface area is 118 Å². The van der Waals surface area contributed by atoms with E-state index in [0.717, 1.165) is 0 Å². The molecule has 3 nitrogen and oxygen atoms in total. The van der Waals surface area contributed by atoms with Crippen LogP contribution in [0.25, 0.3) is 0 Å². The monoisotopic (exact) mass is 310 g/mol. The lowest BCUT2D eigenvalue weighted by Gasteiger charge is -2.30. The first-order valence-corrected chi connectivity index (χ1v) is 8.04. The molecule has 0 bridgehead atoms. The maximum atomic E-state index is 12.0. The van der Waals surface area contributed by atoms with Gasteiger partial charge >= 0.3 is 0 Å². The molecule has 0 aliphatic heterocycles. The number of hydrogen-bond donors (Lipinski definition) is 1. The van der Waals surface area contributed by atoms with Gasteiger partial charge in [-0.15, -0.1) is 0 Å². The van der Waals surface area contributed by atoms with E-state index in [-0.39, 0.29) is 12.2 Å². The Hall–Kier alpha value is -0.290. The zero-order valence-electron chi connectivity index (χ0n) is 10.2. The van der Waals surface area contributed by atoms with Gasteiger partial charge in [0.25, 0.3) is 0 Å². The van der Waals surface area contributed by atoms with Crippen LogP contribution in [0.3, 0.4) is 0 Å². The predicted octanol–water partition coefficient (Wildman–Crippen LogP) is 3.15. The highest BCUT2D eigenvalue weighted by Gasteiger charge is 2.46. The maximum absolute atomic E-state index is 12.0. The van der Waals surface area contributed by atoms with Crippen LogP contribution < -0.4 is 0 Å². The standard InChI is InChI=1S/C12H16Cl2O3S/c1-3-12(14,18(16,17)4-2)11(15)9-5-7-10(13)8-6-9/h5-8,11,15H,3-4H2,1-2H3. The third kappa shape index (κ3) is 2.82. The van der Waals surface area contributed by atoms with E-state index in [1.165, 1.54) is 6.92 Å². The van der Waals surface area contributed by atoms with Crippen LogP contribution in [-0.2, 0) is 9.84 Å². The molecule has 1 aromatic carbocycles. The van der Waals surface area contributed by atoms with Gasteiger partial charge in [0.15, 0.2) is 14.0 Å². The molecule has 0 aliphatic rings. The molecule has 18 heavy (non-hydrogen) atoms. The Morgan fingerprint density at radius 1 is 1.28 bits per heavy atom. The average Bonchev–Trinajstić information content (AvgIpc) is 2.37. The molecule has 0 amide bonds. The lowest BCUT2D eigenvalue weighted by atomic mass is 10.0. The highest BCUT2D eigenvalue weighted by atomic mass is 35.5. The van der Waals surface area contributed by atoms with Crippen molar-refractivity contribution in [3.8, 4) is 0 Å². The molecular weight excluding hydrogens is 295 g/mol. The van der Waals surface area contributed by atoms with Crippen molar-refractivity contribution in [1.82, 2.24) is 0 Å². The van der Waals surface area contributed by atoms with E-state index in [2.05, 4.69) is 0 Å². The van der Waals surface area contributed by atoms with E-state index in [1.807, 2.05) is 0 Å². The van der Waals surface area contributed by atoms with Gasteiger partial charge in [-0.3, -0.25) is 0 Å². The number of aliphatic hydroxyl groups excluding tert-OH is 1. The van der Waals surface area contributed by atoms with Gasteiger partial charge in [0.2, 0.25) is 0 Å². The molecule has 1 N–H and O–H groups in total. The average molecular weight is 311 g/mol. The van der Waals surface area contributed by atoms with Crippen molar-refractivity contribution < 1.29 is 13.5 Å². The van der Waals surface area contributed by atoms with Gasteiger partial charge in [-0.2, -0.15) is 0 Å². The normalized spacial score (nSPS) is 17.2. The minimum Gasteiger partial charge on any atom is -0.385 e. The lowest BCUT2D eigenvalue weighted by molar-refractivity contribution is 0.154. The summed E-state index contributed by atoms with van der Waals surface area (Å²) in [4.78, 5) is 0. The summed E-state index contributed by atoms with van der Waals surface area (Å²) in [7, 11) is -3.58. The van der Waals surface area contributed by atoms with Crippen LogP contribution in [0, 0.1) is 0 Å². The Kier molecular flexibility index (Phi) is 5.06. The molecule has 2 unspecified atom stereocenters. The van der Waals surface area contributed by atoms with Crippen LogP contribution >= 0.6 is 23.2 Å². The van der Waals surface area contributed by atoms with Gasteiger partial charge in [-0.1, -0.05) is 49.2 Å². The molecular formula is C12H16Cl2O3S. The molecule has 6 heteroatoms. The summed E-state index contributed by atoms with van der Waals surface area (Å²) in [6.45, 7) is 3.15. The fourth-order valence-electron chi connectivity index (χ4n) is 1.72. The van der Waals surface area contributed by atoms with Crippen LogP contribution in [0.5, 0.6) is 0 Å². The molecule has 1 rings (SSSR count).